The Labute approximate surface area is 157 Å². The number of aliphatic imine (C=N–C) groups is 1. The van der Waals surface area contributed by atoms with Crippen molar-refractivity contribution < 1.29 is 0 Å². The topological polar surface area (TPSA) is 67.1 Å². The summed E-state index contributed by atoms with van der Waals surface area (Å²) >= 11 is 0. The van der Waals surface area contributed by atoms with E-state index in [0.717, 1.165) is 39.5 Å². The lowest BCUT2D eigenvalue weighted by atomic mass is 10.2. The minimum atomic E-state index is 0.626. The molecule has 2 aromatic carbocycles. The Balaban J connectivity index is 1.69. The van der Waals surface area contributed by atoms with Crippen LogP contribution in [0, 0.1) is 0 Å². The maximum atomic E-state index is 4.47. The van der Waals surface area contributed by atoms with Gasteiger partial charge in [0.2, 0.25) is 0 Å². The molecule has 0 radical (unpaired) electrons. The fourth-order valence-corrected chi connectivity index (χ4v) is 3.14. The minimum absolute atomic E-state index is 0.626. The van der Waals surface area contributed by atoms with E-state index in [4.69, 9.17) is 0 Å². The molecule has 0 aliphatic carbocycles. The lowest BCUT2D eigenvalue weighted by Gasteiger charge is -2.10. The summed E-state index contributed by atoms with van der Waals surface area (Å²) in [7, 11) is 1.99. The summed E-state index contributed by atoms with van der Waals surface area (Å²) in [5.74, 6) is 0.790. The van der Waals surface area contributed by atoms with Crippen molar-refractivity contribution in [3.63, 3.8) is 0 Å². The molecule has 0 aliphatic heterocycles. The normalized spacial score (nSPS) is 10.7. The number of para-hydroxylation sites is 3. The summed E-state index contributed by atoms with van der Waals surface area (Å²) in [4.78, 5) is 13.0. The number of hydrogen-bond acceptors (Lipinski definition) is 5. The van der Waals surface area contributed by atoms with Crippen molar-refractivity contribution in [3.05, 3.63) is 72.7 Å². The molecule has 0 bridgehead atoms. The fraction of sp³-hybridized carbons (Fsp3) is 0.0952. The molecule has 27 heavy (non-hydrogen) atoms. The molecule has 134 valence electrons. The second-order valence-electron chi connectivity index (χ2n) is 6.21. The molecular weight excluding hydrogens is 336 g/mol. The van der Waals surface area contributed by atoms with Gasteiger partial charge in [-0.25, -0.2) is 9.97 Å². The van der Waals surface area contributed by atoms with Crippen LogP contribution < -0.4 is 10.6 Å². The zero-order valence-corrected chi connectivity index (χ0v) is 15.1. The number of nitrogens with one attached hydrogen (secondary N) is 2. The van der Waals surface area contributed by atoms with Crippen LogP contribution in [0.2, 0.25) is 0 Å². The van der Waals surface area contributed by atoms with Gasteiger partial charge in [-0.2, -0.15) is 0 Å². The SMILES string of the molecule is C=Nc1ccccc1NCc1cn(C)c2ncnc(Nc3ccccc3)c12. The number of anilines is 3. The Morgan fingerprint density at radius 2 is 1.81 bits per heavy atom. The molecule has 4 aromatic rings. The third kappa shape index (κ3) is 3.37. The third-order valence-electron chi connectivity index (χ3n) is 4.41. The highest BCUT2D eigenvalue weighted by molar-refractivity contribution is 5.92. The van der Waals surface area contributed by atoms with Gasteiger partial charge in [-0.05, 0) is 31.0 Å². The molecule has 0 spiro atoms. The quantitative estimate of drug-likeness (QED) is 0.493. The van der Waals surface area contributed by atoms with Gasteiger partial charge in [0.25, 0.3) is 0 Å². The van der Waals surface area contributed by atoms with E-state index in [0.29, 0.717) is 6.54 Å². The lowest BCUT2D eigenvalue weighted by molar-refractivity contribution is 0.935. The van der Waals surface area contributed by atoms with Crippen LogP contribution in [0.4, 0.5) is 22.9 Å². The van der Waals surface area contributed by atoms with E-state index in [2.05, 4.69) is 38.5 Å². The summed E-state index contributed by atoms with van der Waals surface area (Å²) in [6, 6.07) is 17.9. The predicted octanol–water partition coefficient (Wildman–Crippen LogP) is 4.66. The smallest absolute Gasteiger partial charge is 0.145 e. The molecule has 0 amide bonds. The molecule has 6 heteroatoms. The zero-order chi connectivity index (χ0) is 18.6. The van der Waals surface area contributed by atoms with Crippen LogP contribution >= 0.6 is 0 Å². The van der Waals surface area contributed by atoms with Crippen LogP contribution in [0.3, 0.4) is 0 Å². The number of fused-ring (bicyclic) bond motifs is 1. The molecule has 0 unspecified atom stereocenters. The number of aryl methyl sites for hydroxylation is 1. The fourth-order valence-electron chi connectivity index (χ4n) is 3.14. The van der Waals surface area contributed by atoms with Crippen LogP contribution in [0.5, 0.6) is 0 Å². The van der Waals surface area contributed by atoms with E-state index >= 15 is 0 Å². The molecule has 0 atom stereocenters. The van der Waals surface area contributed by atoms with E-state index < -0.39 is 0 Å². The Morgan fingerprint density at radius 3 is 2.63 bits per heavy atom. The summed E-state index contributed by atoms with van der Waals surface area (Å²) < 4.78 is 2.02. The van der Waals surface area contributed by atoms with Gasteiger partial charge in [-0.15, -0.1) is 0 Å². The first-order chi connectivity index (χ1) is 13.3. The number of aromatic nitrogens is 3. The van der Waals surface area contributed by atoms with Gasteiger partial charge < -0.3 is 15.2 Å². The molecule has 2 heterocycles. The molecule has 0 saturated carbocycles. The monoisotopic (exact) mass is 356 g/mol. The van der Waals surface area contributed by atoms with Gasteiger partial charge in [0.15, 0.2) is 0 Å². The van der Waals surface area contributed by atoms with Crippen LogP contribution in [-0.2, 0) is 13.6 Å². The average molecular weight is 356 g/mol. The van der Waals surface area contributed by atoms with Crippen molar-refractivity contribution in [2.45, 2.75) is 6.54 Å². The first-order valence-corrected chi connectivity index (χ1v) is 8.67. The molecule has 6 nitrogen and oxygen atoms in total. The molecule has 2 N–H and O–H groups in total. The van der Waals surface area contributed by atoms with Crippen molar-refractivity contribution in [1.29, 1.82) is 0 Å². The van der Waals surface area contributed by atoms with Crippen molar-refractivity contribution in [2.75, 3.05) is 10.6 Å². The van der Waals surface area contributed by atoms with E-state index in [-0.39, 0.29) is 0 Å². The molecule has 0 fully saturated rings. The van der Waals surface area contributed by atoms with Crippen molar-refractivity contribution >= 4 is 40.6 Å². The Morgan fingerprint density at radius 1 is 1.04 bits per heavy atom. The summed E-state index contributed by atoms with van der Waals surface area (Å²) in [5, 5.41) is 7.85. The van der Waals surface area contributed by atoms with E-state index in [1.54, 1.807) is 6.33 Å². The lowest BCUT2D eigenvalue weighted by Crippen LogP contribution is -2.01. The highest BCUT2D eigenvalue weighted by Gasteiger charge is 2.14. The first kappa shape index (κ1) is 16.8. The third-order valence-corrected chi connectivity index (χ3v) is 4.41. The first-order valence-electron chi connectivity index (χ1n) is 8.67. The zero-order valence-electron chi connectivity index (χ0n) is 15.1. The van der Waals surface area contributed by atoms with E-state index in [1.165, 1.54) is 0 Å². The van der Waals surface area contributed by atoms with Crippen molar-refractivity contribution in [1.82, 2.24) is 14.5 Å². The average Bonchev–Trinajstić information content (AvgIpc) is 3.04. The highest BCUT2D eigenvalue weighted by atomic mass is 15.1. The number of nitrogens with zero attached hydrogens (tertiary/aromatic N) is 4. The molecular formula is C21H20N6. The number of hydrogen-bond donors (Lipinski definition) is 2. The van der Waals surface area contributed by atoms with E-state index in [1.807, 2.05) is 66.2 Å². The highest BCUT2D eigenvalue weighted by Crippen LogP contribution is 2.29. The van der Waals surface area contributed by atoms with Gasteiger partial charge >= 0.3 is 0 Å². The summed E-state index contributed by atoms with van der Waals surface area (Å²) in [6.45, 7) is 4.26. The van der Waals surface area contributed by atoms with Gasteiger partial charge in [0, 0.05) is 31.0 Å². The number of rotatable bonds is 6. The van der Waals surface area contributed by atoms with Crippen LogP contribution in [0.25, 0.3) is 11.0 Å². The van der Waals surface area contributed by atoms with Crippen molar-refractivity contribution in [3.8, 4) is 0 Å². The maximum absolute atomic E-state index is 4.47. The van der Waals surface area contributed by atoms with Gasteiger partial charge in [-0.1, -0.05) is 30.3 Å². The Hall–Kier alpha value is -3.67. The van der Waals surface area contributed by atoms with E-state index in [9.17, 15) is 0 Å². The second kappa shape index (κ2) is 7.29. The Bertz CT molecular complexity index is 1080. The molecule has 4 rings (SSSR count). The summed E-state index contributed by atoms with van der Waals surface area (Å²) in [6.07, 6.45) is 3.66. The van der Waals surface area contributed by atoms with Gasteiger partial charge in [0.05, 0.1) is 16.8 Å². The van der Waals surface area contributed by atoms with Crippen LogP contribution in [0.1, 0.15) is 5.56 Å². The predicted molar refractivity (Wildman–Crippen MR) is 111 cm³/mol. The largest absolute Gasteiger partial charge is 0.379 e. The van der Waals surface area contributed by atoms with Crippen LogP contribution in [-0.4, -0.2) is 21.3 Å². The molecule has 0 aliphatic rings. The molecule has 2 aromatic heterocycles. The molecule has 0 saturated heterocycles. The maximum Gasteiger partial charge on any atom is 0.145 e. The standard InChI is InChI=1S/C21H20N6/c1-22-17-10-6-7-11-18(17)23-12-15-13-27(2)21-19(15)20(24-14-25-21)26-16-8-4-3-5-9-16/h3-11,13-14,23H,1,12H2,2H3,(H,24,25,26). The number of benzene rings is 2. The van der Waals surface area contributed by atoms with Crippen LogP contribution in [0.15, 0.2) is 72.1 Å². The Kier molecular flexibility index (Phi) is 4.53. The summed E-state index contributed by atoms with van der Waals surface area (Å²) in [5.41, 5.74) is 4.75. The second-order valence-corrected chi connectivity index (χ2v) is 6.21. The minimum Gasteiger partial charge on any atom is -0.379 e. The van der Waals surface area contributed by atoms with Gasteiger partial charge in [-0.3, -0.25) is 4.99 Å². The van der Waals surface area contributed by atoms with Crippen molar-refractivity contribution in [2.24, 2.45) is 12.0 Å². The van der Waals surface area contributed by atoms with Gasteiger partial charge in [0.1, 0.15) is 17.8 Å².